The van der Waals surface area contributed by atoms with Crippen LogP contribution < -0.4 is 10.1 Å². The molecule has 88 valence electrons. The molecule has 2 aromatic rings. The third-order valence-corrected chi connectivity index (χ3v) is 2.73. The zero-order valence-electron chi connectivity index (χ0n) is 9.48. The van der Waals surface area contributed by atoms with Crippen molar-refractivity contribution in [1.82, 2.24) is 4.98 Å². The van der Waals surface area contributed by atoms with Crippen LogP contribution in [0.3, 0.4) is 0 Å². The Morgan fingerprint density at radius 2 is 2.00 bits per heavy atom. The van der Waals surface area contributed by atoms with Gasteiger partial charge in [-0.1, -0.05) is 11.6 Å². The maximum atomic E-state index is 5.99. The quantitative estimate of drug-likeness (QED) is 0.901. The highest BCUT2D eigenvalue weighted by molar-refractivity contribution is 6.31. The van der Waals surface area contributed by atoms with Crippen LogP contribution in [0, 0.1) is 0 Å². The van der Waals surface area contributed by atoms with Gasteiger partial charge in [0.2, 0.25) is 0 Å². The van der Waals surface area contributed by atoms with Crippen LogP contribution >= 0.6 is 11.6 Å². The van der Waals surface area contributed by atoms with E-state index in [-0.39, 0.29) is 0 Å². The predicted molar refractivity (Wildman–Crippen MR) is 69.6 cm³/mol. The van der Waals surface area contributed by atoms with Gasteiger partial charge in [0.05, 0.1) is 5.02 Å². The van der Waals surface area contributed by atoms with E-state index in [9.17, 15) is 0 Å². The van der Waals surface area contributed by atoms with E-state index in [2.05, 4.69) is 10.3 Å². The normalized spacial score (nSPS) is 10.0. The van der Waals surface area contributed by atoms with Crippen LogP contribution in [-0.2, 0) is 6.61 Å². The van der Waals surface area contributed by atoms with Gasteiger partial charge in [-0.25, -0.2) is 0 Å². The minimum atomic E-state index is 0.445. The highest BCUT2D eigenvalue weighted by atomic mass is 35.5. The van der Waals surface area contributed by atoms with Gasteiger partial charge in [0.1, 0.15) is 12.4 Å². The topological polar surface area (TPSA) is 34.1 Å². The molecular formula is C13H13ClN2O. The van der Waals surface area contributed by atoms with Gasteiger partial charge < -0.3 is 10.1 Å². The monoisotopic (exact) mass is 248 g/mol. The Balaban J connectivity index is 2.00. The van der Waals surface area contributed by atoms with Crippen molar-refractivity contribution < 1.29 is 4.74 Å². The molecule has 0 aliphatic heterocycles. The van der Waals surface area contributed by atoms with Crippen LogP contribution in [0.2, 0.25) is 5.02 Å². The predicted octanol–water partition coefficient (Wildman–Crippen LogP) is 3.36. The van der Waals surface area contributed by atoms with E-state index in [1.807, 2.05) is 37.4 Å². The van der Waals surface area contributed by atoms with Crippen LogP contribution in [0.5, 0.6) is 5.75 Å². The van der Waals surface area contributed by atoms with Crippen molar-refractivity contribution in [3.05, 3.63) is 53.3 Å². The van der Waals surface area contributed by atoms with Crippen molar-refractivity contribution >= 4 is 17.3 Å². The van der Waals surface area contributed by atoms with Gasteiger partial charge in [0.25, 0.3) is 0 Å². The lowest BCUT2D eigenvalue weighted by Crippen LogP contribution is -1.96. The fraction of sp³-hybridized carbons (Fsp3) is 0.154. The van der Waals surface area contributed by atoms with Crippen molar-refractivity contribution in [2.24, 2.45) is 0 Å². The van der Waals surface area contributed by atoms with Gasteiger partial charge in [0, 0.05) is 30.7 Å². The summed E-state index contributed by atoms with van der Waals surface area (Å²) in [6, 6.07) is 9.61. The first-order valence-corrected chi connectivity index (χ1v) is 5.66. The number of benzene rings is 1. The van der Waals surface area contributed by atoms with Gasteiger partial charge in [0.15, 0.2) is 0 Å². The molecule has 0 bridgehead atoms. The summed E-state index contributed by atoms with van der Waals surface area (Å²) < 4.78 is 5.63. The Morgan fingerprint density at radius 3 is 2.65 bits per heavy atom. The van der Waals surface area contributed by atoms with Gasteiger partial charge >= 0.3 is 0 Å². The Kier molecular flexibility index (Phi) is 3.83. The molecule has 2 rings (SSSR count). The smallest absolute Gasteiger partial charge is 0.119 e. The Labute approximate surface area is 105 Å². The highest BCUT2D eigenvalue weighted by Crippen LogP contribution is 2.19. The molecule has 0 atom stereocenters. The van der Waals surface area contributed by atoms with Crippen LogP contribution in [0.15, 0.2) is 42.7 Å². The van der Waals surface area contributed by atoms with Crippen LogP contribution in [0.1, 0.15) is 5.56 Å². The summed E-state index contributed by atoms with van der Waals surface area (Å²) in [5.74, 6) is 0.817. The first kappa shape index (κ1) is 11.7. The molecule has 1 aromatic carbocycles. The lowest BCUT2D eigenvalue weighted by Gasteiger charge is -2.08. The van der Waals surface area contributed by atoms with Crippen molar-refractivity contribution in [1.29, 1.82) is 0 Å². The van der Waals surface area contributed by atoms with E-state index in [1.165, 1.54) is 0 Å². The third-order valence-electron chi connectivity index (χ3n) is 2.39. The van der Waals surface area contributed by atoms with Gasteiger partial charge in [-0.3, -0.25) is 4.98 Å². The maximum Gasteiger partial charge on any atom is 0.119 e. The van der Waals surface area contributed by atoms with Crippen LogP contribution in [0.4, 0.5) is 5.69 Å². The molecular weight excluding hydrogens is 236 g/mol. The van der Waals surface area contributed by atoms with Crippen LogP contribution in [0.25, 0.3) is 0 Å². The number of hydrogen-bond donors (Lipinski definition) is 1. The zero-order chi connectivity index (χ0) is 12.1. The number of halogens is 1. The fourth-order valence-electron chi connectivity index (χ4n) is 1.40. The van der Waals surface area contributed by atoms with E-state index >= 15 is 0 Å². The Hall–Kier alpha value is -1.74. The number of aromatic nitrogens is 1. The minimum Gasteiger partial charge on any atom is -0.489 e. The van der Waals surface area contributed by atoms with E-state index in [0.29, 0.717) is 11.6 Å². The molecule has 0 saturated heterocycles. The standard InChI is InChI=1S/C13H13ClN2O/c1-15-11-2-4-12(5-3-11)17-9-10-6-7-16-8-13(10)14/h2-8,15H,9H2,1H3. The number of ether oxygens (including phenoxy) is 1. The molecule has 0 spiro atoms. The van der Waals surface area contributed by atoms with E-state index in [4.69, 9.17) is 16.3 Å². The van der Waals surface area contributed by atoms with E-state index < -0.39 is 0 Å². The molecule has 1 heterocycles. The molecule has 0 unspecified atom stereocenters. The van der Waals surface area contributed by atoms with Crippen molar-refractivity contribution in [3.8, 4) is 5.75 Å². The van der Waals surface area contributed by atoms with Gasteiger partial charge in [-0.2, -0.15) is 0 Å². The van der Waals surface area contributed by atoms with Crippen molar-refractivity contribution in [3.63, 3.8) is 0 Å². The average Bonchev–Trinajstić information content (AvgIpc) is 2.38. The number of pyridine rings is 1. The largest absolute Gasteiger partial charge is 0.489 e. The summed E-state index contributed by atoms with van der Waals surface area (Å²) in [5.41, 5.74) is 1.98. The van der Waals surface area contributed by atoms with E-state index in [0.717, 1.165) is 17.0 Å². The molecule has 0 saturated carbocycles. The lowest BCUT2D eigenvalue weighted by atomic mass is 10.3. The number of nitrogens with zero attached hydrogens (tertiary/aromatic N) is 1. The molecule has 3 nitrogen and oxygen atoms in total. The highest BCUT2D eigenvalue weighted by Gasteiger charge is 2.00. The Bertz CT molecular complexity index is 485. The summed E-state index contributed by atoms with van der Waals surface area (Å²) in [7, 11) is 1.88. The fourth-order valence-corrected chi connectivity index (χ4v) is 1.57. The molecule has 0 aliphatic carbocycles. The second-order valence-electron chi connectivity index (χ2n) is 3.53. The maximum absolute atomic E-state index is 5.99. The molecule has 0 fully saturated rings. The summed E-state index contributed by atoms with van der Waals surface area (Å²) in [6.07, 6.45) is 3.32. The summed E-state index contributed by atoms with van der Waals surface area (Å²) in [6.45, 7) is 0.445. The molecule has 1 aromatic heterocycles. The molecule has 1 N–H and O–H groups in total. The summed E-state index contributed by atoms with van der Waals surface area (Å²) >= 11 is 5.99. The molecule has 0 radical (unpaired) electrons. The molecule has 17 heavy (non-hydrogen) atoms. The molecule has 0 aliphatic rings. The average molecular weight is 249 g/mol. The van der Waals surface area contributed by atoms with Crippen molar-refractivity contribution in [2.45, 2.75) is 6.61 Å². The number of hydrogen-bond acceptors (Lipinski definition) is 3. The second-order valence-corrected chi connectivity index (χ2v) is 3.94. The Morgan fingerprint density at radius 1 is 1.24 bits per heavy atom. The SMILES string of the molecule is CNc1ccc(OCc2ccncc2Cl)cc1. The molecule has 4 heteroatoms. The van der Waals surface area contributed by atoms with Gasteiger partial charge in [-0.05, 0) is 30.3 Å². The van der Waals surface area contributed by atoms with Crippen molar-refractivity contribution in [2.75, 3.05) is 12.4 Å². The summed E-state index contributed by atoms with van der Waals surface area (Å²) in [5, 5.41) is 3.68. The van der Waals surface area contributed by atoms with Gasteiger partial charge in [-0.15, -0.1) is 0 Å². The first-order valence-electron chi connectivity index (χ1n) is 5.28. The lowest BCUT2D eigenvalue weighted by molar-refractivity contribution is 0.306. The third kappa shape index (κ3) is 3.11. The van der Waals surface area contributed by atoms with E-state index in [1.54, 1.807) is 12.4 Å². The van der Waals surface area contributed by atoms with Crippen LogP contribution in [-0.4, -0.2) is 12.0 Å². The zero-order valence-corrected chi connectivity index (χ0v) is 10.2. The number of anilines is 1. The second kappa shape index (κ2) is 5.55. The molecule has 0 amide bonds. The summed E-state index contributed by atoms with van der Waals surface area (Å²) in [4.78, 5) is 3.93. The first-order chi connectivity index (χ1) is 8.29. The number of rotatable bonds is 4. The minimum absolute atomic E-state index is 0.445. The number of nitrogens with one attached hydrogen (secondary N) is 1.